The minimum atomic E-state index is -3.62. The van der Waals surface area contributed by atoms with Crippen LogP contribution in [0.25, 0.3) is 10.2 Å². The number of carbonyl (C=O) groups is 1. The van der Waals surface area contributed by atoms with Crippen molar-refractivity contribution in [3.8, 4) is 0 Å². The van der Waals surface area contributed by atoms with Gasteiger partial charge in [0.1, 0.15) is 10.5 Å². The van der Waals surface area contributed by atoms with E-state index in [-0.39, 0.29) is 17.3 Å². The van der Waals surface area contributed by atoms with Crippen molar-refractivity contribution in [2.24, 2.45) is 0 Å². The number of rotatable bonds is 5. The van der Waals surface area contributed by atoms with Crippen molar-refractivity contribution in [1.82, 2.24) is 14.6 Å². The summed E-state index contributed by atoms with van der Waals surface area (Å²) in [6.45, 7) is 1.58. The molecule has 0 atom stereocenters. The van der Waals surface area contributed by atoms with Crippen molar-refractivity contribution < 1.29 is 17.9 Å². The molecule has 2 N–H and O–H groups in total. The monoisotopic (exact) mass is 405 g/mol. The standard InChI is InChI=1S/C18H19N3O4S2/c22-17(15-11-13-5-10-26-18(13)20-15)19-12-14-3-1-2-4-16(14)27(23,24)21-6-8-25-9-7-21/h1-5,10-11,20H,6-9,12H2,(H,19,22). The van der Waals surface area contributed by atoms with Crippen LogP contribution in [0.5, 0.6) is 0 Å². The lowest BCUT2D eigenvalue weighted by atomic mass is 10.2. The fraction of sp³-hybridized carbons (Fsp3) is 0.278. The molecule has 1 aliphatic rings. The van der Waals surface area contributed by atoms with Crippen molar-refractivity contribution in [3.63, 3.8) is 0 Å². The number of H-pyrrole nitrogens is 1. The zero-order valence-electron chi connectivity index (χ0n) is 14.5. The van der Waals surface area contributed by atoms with E-state index in [1.807, 2.05) is 11.4 Å². The van der Waals surface area contributed by atoms with E-state index in [2.05, 4.69) is 10.3 Å². The van der Waals surface area contributed by atoms with Gasteiger partial charge in [0, 0.05) is 25.0 Å². The van der Waals surface area contributed by atoms with E-state index in [0.29, 0.717) is 37.6 Å². The van der Waals surface area contributed by atoms with Crippen molar-refractivity contribution in [2.45, 2.75) is 11.4 Å². The second-order valence-corrected chi connectivity index (χ2v) is 9.02. The minimum Gasteiger partial charge on any atom is -0.379 e. The van der Waals surface area contributed by atoms with Gasteiger partial charge in [-0.2, -0.15) is 4.31 Å². The van der Waals surface area contributed by atoms with Crippen molar-refractivity contribution >= 4 is 37.5 Å². The van der Waals surface area contributed by atoms with Crippen LogP contribution in [0.4, 0.5) is 0 Å². The molecule has 0 radical (unpaired) electrons. The van der Waals surface area contributed by atoms with E-state index < -0.39 is 10.0 Å². The number of aromatic amines is 1. The van der Waals surface area contributed by atoms with Crippen LogP contribution in [0.2, 0.25) is 0 Å². The first-order valence-corrected chi connectivity index (χ1v) is 10.9. The number of morpholine rings is 1. The number of thiophene rings is 1. The molecule has 3 aromatic rings. The molecule has 27 heavy (non-hydrogen) atoms. The molecular weight excluding hydrogens is 386 g/mol. The molecule has 1 aromatic carbocycles. The predicted octanol–water partition coefficient (Wildman–Crippen LogP) is 2.18. The molecule has 2 aromatic heterocycles. The Morgan fingerprint density at radius 1 is 1.22 bits per heavy atom. The highest BCUT2D eigenvalue weighted by Crippen LogP contribution is 2.23. The lowest BCUT2D eigenvalue weighted by Gasteiger charge is -2.27. The lowest BCUT2D eigenvalue weighted by Crippen LogP contribution is -2.41. The van der Waals surface area contributed by atoms with Crippen LogP contribution < -0.4 is 5.32 Å². The fourth-order valence-electron chi connectivity index (χ4n) is 3.07. The van der Waals surface area contributed by atoms with Gasteiger partial charge in [0.15, 0.2) is 0 Å². The van der Waals surface area contributed by atoms with E-state index in [4.69, 9.17) is 4.74 Å². The van der Waals surface area contributed by atoms with E-state index in [1.54, 1.807) is 30.3 Å². The number of ether oxygens (including phenoxy) is 1. The Balaban J connectivity index is 1.52. The zero-order valence-corrected chi connectivity index (χ0v) is 16.1. The van der Waals surface area contributed by atoms with Crippen molar-refractivity contribution in [1.29, 1.82) is 0 Å². The van der Waals surface area contributed by atoms with Crippen molar-refractivity contribution in [3.05, 3.63) is 53.0 Å². The summed E-state index contributed by atoms with van der Waals surface area (Å²) in [6.07, 6.45) is 0. The first-order valence-electron chi connectivity index (χ1n) is 8.56. The van der Waals surface area contributed by atoms with Gasteiger partial charge in [-0.3, -0.25) is 4.79 Å². The summed E-state index contributed by atoms with van der Waals surface area (Å²) in [4.78, 5) is 16.7. The molecule has 4 rings (SSSR count). The topological polar surface area (TPSA) is 91.5 Å². The van der Waals surface area contributed by atoms with Gasteiger partial charge in [0.05, 0.1) is 18.1 Å². The van der Waals surface area contributed by atoms with Crippen LogP contribution in [0.3, 0.4) is 0 Å². The summed E-state index contributed by atoms with van der Waals surface area (Å²) in [7, 11) is -3.62. The third-order valence-electron chi connectivity index (χ3n) is 4.49. The Morgan fingerprint density at radius 3 is 2.78 bits per heavy atom. The highest BCUT2D eigenvalue weighted by molar-refractivity contribution is 7.89. The number of aromatic nitrogens is 1. The van der Waals surface area contributed by atoms with E-state index in [9.17, 15) is 13.2 Å². The number of nitrogens with one attached hydrogen (secondary N) is 2. The Morgan fingerprint density at radius 2 is 2.00 bits per heavy atom. The maximum absolute atomic E-state index is 13.0. The molecule has 1 amide bonds. The Hall–Kier alpha value is -2.20. The number of hydrogen-bond donors (Lipinski definition) is 2. The van der Waals surface area contributed by atoms with Crippen LogP contribution in [0.15, 0.2) is 46.7 Å². The van der Waals surface area contributed by atoms with Gasteiger partial charge < -0.3 is 15.0 Å². The van der Waals surface area contributed by atoms with Gasteiger partial charge >= 0.3 is 0 Å². The molecule has 0 saturated carbocycles. The number of carbonyl (C=O) groups excluding carboxylic acids is 1. The second kappa shape index (κ2) is 7.43. The molecule has 0 unspecified atom stereocenters. The summed E-state index contributed by atoms with van der Waals surface area (Å²) in [6, 6.07) is 10.5. The SMILES string of the molecule is O=C(NCc1ccccc1S(=O)(=O)N1CCOCC1)c1cc2ccsc2[nH]1. The molecule has 3 heterocycles. The average molecular weight is 406 g/mol. The lowest BCUT2D eigenvalue weighted by molar-refractivity contribution is 0.0730. The molecule has 1 aliphatic heterocycles. The van der Waals surface area contributed by atoms with E-state index in [1.165, 1.54) is 15.6 Å². The summed E-state index contributed by atoms with van der Waals surface area (Å²) >= 11 is 1.53. The Bertz CT molecular complexity index is 1040. The van der Waals surface area contributed by atoms with Crippen LogP contribution in [0.1, 0.15) is 16.1 Å². The van der Waals surface area contributed by atoms with E-state index >= 15 is 0 Å². The van der Waals surface area contributed by atoms with Gasteiger partial charge in [-0.05, 0) is 29.1 Å². The normalized spacial score (nSPS) is 15.9. The van der Waals surface area contributed by atoms with E-state index in [0.717, 1.165) is 10.2 Å². The Labute approximate surface area is 161 Å². The molecule has 0 bridgehead atoms. The molecule has 9 heteroatoms. The van der Waals surface area contributed by atoms with Crippen molar-refractivity contribution in [2.75, 3.05) is 26.3 Å². The molecule has 1 fully saturated rings. The number of hydrogen-bond acceptors (Lipinski definition) is 5. The summed E-state index contributed by atoms with van der Waals surface area (Å²) in [5, 5.41) is 5.75. The highest BCUT2D eigenvalue weighted by atomic mass is 32.2. The third-order valence-corrected chi connectivity index (χ3v) is 7.33. The highest BCUT2D eigenvalue weighted by Gasteiger charge is 2.28. The number of benzene rings is 1. The second-order valence-electron chi connectivity index (χ2n) is 6.19. The first-order chi connectivity index (χ1) is 13.1. The number of sulfonamides is 1. The largest absolute Gasteiger partial charge is 0.379 e. The van der Waals surface area contributed by atoms with Gasteiger partial charge in [0.2, 0.25) is 10.0 Å². The number of amides is 1. The van der Waals surface area contributed by atoms with Gasteiger partial charge in [-0.1, -0.05) is 18.2 Å². The summed E-state index contributed by atoms with van der Waals surface area (Å²) in [5.74, 6) is -0.267. The van der Waals surface area contributed by atoms with Gasteiger partial charge in [-0.15, -0.1) is 11.3 Å². The molecular formula is C18H19N3O4S2. The molecule has 1 saturated heterocycles. The molecule has 142 valence electrons. The summed E-state index contributed by atoms with van der Waals surface area (Å²) < 4.78 is 32.6. The molecule has 0 spiro atoms. The maximum Gasteiger partial charge on any atom is 0.268 e. The van der Waals surface area contributed by atoms with Crippen LogP contribution in [-0.2, 0) is 21.3 Å². The quantitative estimate of drug-likeness (QED) is 0.681. The number of nitrogens with zero attached hydrogens (tertiary/aromatic N) is 1. The van der Waals surface area contributed by atoms with Gasteiger partial charge in [0.25, 0.3) is 5.91 Å². The molecule has 0 aliphatic carbocycles. The summed E-state index contributed by atoms with van der Waals surface area (Å²) in [5.41, 5.74) is 1.02. The van der Waals surface area contributed by atoms with Crippen LogP contribution in [0, 0.1) is 0 Å². The van der Waals surface area contributed by atoms with Crippen LogP contribution in [-0.4, -0.2) is 49.9 Å². The first kappa shape index (κ1) is 18.2. The average Bonchev–Trinajstić information content (AvgIpc) is 3.29. The Kier molecular flexibility index (Phi) is 5.00. The number of fused-ring (bicyclic) bond motifs is 1. The van der Waals surface area contributed by atoms with Gasteiger partial charge in [-0.25, -0.2) is 8.42 Å². The zero-order chi connectivity index (χ0) is 18.9. The molecule has 7 nitrogen and oxygen atoms in total. The predicted molar refractivity (Wildman–Crippen MR) is 103 cm³/mol. The fourth-order valence-corrected chi connectivity index (χ4v) is 5.48. The van der Waals surface area contributed by atoms with Crippen LogP contribution >= 0.6 is 11.3 Å². The smallest absolute Gasteiger partial charge is 0.268 e. The maximum atomic E-state index is 13.0. The minimum absolute atomic E-state index is 0.130. The third kappa shape index (κ3) is 3.63.